The van der Waals surface area contributed by atoms with E-state index in [0.717, 1.165) is 12.5 Å². The van der Waals surface area contributed by atoms with Crippen LogP contribution in [0, 0.1) is 5.92 Å². The average molecular weight is 181 g/mol. The van der Waals surface area contributed by atoms with Crippen LogP contribution in [0.3, 0.4) is 0 Å². The van der Waals surface area contributed by atoms with Crippen molar-refractivity contribution in [3.8, 4) is 0 Å². The molecule has 1 atom stereocenters. The van der Waals surface area contributed by atoms with E-state index in [4.69, 9.17) is 0 Å². The van der Waals surface area contributed by atoms with E-state index in [2.05, 4.69) is 32.2 Å². The molecule has 0 radical (unpaired) electrons. The maximum absolute atomic E-state index is 3.52. The summed E-state index contributed by atoms with van der Waals surface area (Å²) in [5.41, 5.74) is 1.53. The first-order valence-electron chi connectivity index (χ1n) is 5.65. The average Bonchev–Trinajstić information content (AvgIpc) is 2.06. The Hall–Kier alpha value is -0.300. The Morgan fingerprint density at radius 3 is 2.69 bits per heavy atom. The van der Waals surface area contributed by atoms with Crippen LogP contribution in [0.1, 0.15) is 46.5 Å². The van der Waals surface area contributed by atoms with Crippen LogP contribution in [-0.4, -0.2) is 12.6 Å². The molecule has 0 aromatic rings. The lowest BCUT2D eigenvalue weighted by molar-refractivity contribution is 0.384. The first-order valence-corrected chi connectivity index (χ1v) is 5.65. The van der Waals surface area contributed by atoms with Crippen molar-refractivity contribution in [1.82, 2.24) is 5.32 Å². The molecule has 0 aromatic carbocycles. The lowest BCUT2D eigenvalue weighted by atomic mass is 9.83. The summed E-state index contributed by atoms with van der Waals surface area (Å²) in [6.07, 6.45) is 7.96. The molecule has 0 aromatic heterocycles. The molecular weight excluding hydrogens is 158 g/mol. The summed E-state index contributed by atoms with van der Waals surface area (Å²) >= 11 is 0. The highest BCUT2D eigenvalue weighted by molar-refractivity contribution is 5.09. The molecule has 0 bridgehead atoms. The van der Waals surface area contributed by atoms with Crippen molar-refractivity contribution >= 4 is 0 Å². The zero-order valence-electron chi connectivity index (χ0n) is 9.27. The van der Waals surface area contributed by atoms with Gasteiger partial charge in [-0.3, -0.25) is 0 Å². The second kappa shape index (κ2) is 5.43. The Bertz CT molecular complexity index is 168. The number of allylic oxidation sites excluding steroid dienone is 1. The lowest BCUT2D eigenvalue weighted by Gasteiger charge is -2.24. The van der Waals surface area contributed by atoms with E-state index >= 15 is 0 Å². The Morgan fingerprint density at radius 2 is 2.23 bits per heavy atom. The minimum absolute atomic E-state index is 0.570. The van der Waals surface area contributed by atoms with Gasteiger partial charge in [0.2, 0.25) is 0 Å². The fourth-order valence-electron chi connectivity index (χ4n) is 1.64. The van der Waals surface area contributed by atoms with Crippen molar-refractivity contribution < 1.29 is 0 Å². The molecule has 1 rings (SSSR count). The SMILES string of the molecule is CCCNC(C)C(C)=CC1CCC1. The smallest absolute Gasteiger partial charge is 0.0248 e. The van der Waals surface area contributed by atoms with Gasteiger partial charge in [-0.2, -0.15) is 0 Å². The standard InChI is InChI=1S/C12H23N/c1-4-8-13-11(3)10(2)9-12-6-5-7-12/h9,11-13H,4-8H2,1-3H3. The predicted molar refractivity (Wildman–Crippen MR) is 58.9 cm³/mol. The van der Waals surface area contributed by atoms with E-state index in [-0.39, 0.29) is 0 Å². The summed E-state index contributed by atoms with van der Waals surface area (Å²) in [7, 11) is 0. The van der Waals surface area contributed by atoms with E-state index in [1.165, 1.54) is 31.3 Å². The molecule has 1 aliphatic carbocycles. The molecule has 1 saturated carbocycles. The molecule has 1 nitrogen and oxygen atoms in total. The van der Waals surface area contributed by atoms with E-state index in [1.54, 1.807) is 0 Å². The normalized spacial score (nSPS) is 21.3. The van der Waals surface area contributed by atoms with Crippen LogP contribution in [0.2, 0.25) is 0 Å². The first kappa shape index (κ1) is 10.8. The van der Waals surface area contributed by atoms with Gasteiger partial charge in [-0.15, -0.1) is 0 Å². The van der Waals surface area contributed by atoms with E-state index in [9.17, 15) is 0 Å². The molecular formula is C12H23N. The third-order valence-corrected chi connectivity index (χ3v) is 3.03. The highest BCUT2D eigenvalue weighted by atomic mass is 14.9. The quantitative estimate of drug-likeness (QED) is 0.643. The zero-order valence-corrected chi connectivity index (χ0v) is 9.27. The van der Waals surface area contributed by atoms with Crippen LogP contribution in [0.25, 0.3) is 0 Å². The lowest BCUT2D eigenvalue weighted by Crippen LogP contribution is -2.28. The van der Waals surface area contributed by atoms with E-state index in [0.29, 0.717) is 6.04 Å². The Labute approximate surface area is 82.6 Å². The second-order valence-corrected chi connectivity index (χ2v) is 4.28. The van der Waals surface area contributed by atoms with Crippen molar-refractivity contribution in [1.29, 1.82) is 0 Å². The fraction of sp³-hybridized carbons (Fsp3) is 0.833. The van der Waals surface area contributed by atoms with Crippen LogP contribution < -0.4 is 5.32 Å². The Kier molecular flexibility index (Phi) is 4.51. The van der Waals surface area contributed by atoms with Gasteiger partial charge in [0.05, 0.1) is 0 Å². The molecule has 1 N–H and O–H groups in total. The summed E-state index contributed by atoms with van der Waals surface area (Å²) in [6.45, 7) is 7.87. The zero-order chi connectivity index (χ0) is 9.68. The Morgan fingerprint density at radius 1 is 1.54 bits per heavy atom. The molecule has 0 amide bonds. The van der Waals surface area contributed by atoms with Crippen LogP contribution in [-0.2, 0) is 0 Å². The van der Waals surface area contributed by atoms with Gasteiger partial charge in [-0.05, 0) is 45.6 Å². The second-order valence-electron chi connectivity index (χ2n) is 4.28. The van der Waals surface area contributed by atoms with Crippen LogP contribution in [0.15, 0.2) is 11.6 Å². The van der Waals surface area contributed by atoms with Crippen molar-refractivity contribution in [2.24, 2.45) is 5.92 Å². The third-order valence-electron chi connectivity index (χ3n) is 3.03. The molecule has 1 unspecified atom stereocenters. The predicted octanol–water partition coefficient (Wildman–Crippen LogP) is 3.12. The molecule has 1 fully saturated rings. The summed E-state index contributed by atoms with van der Waals surface area (Å²) in [4.78, 5) is 0. The largest absolute Gasteiger partial charge is 0.311 e. The van der Waals surface area contributed by atoms with Gasteiger partial charge in [-0.25, -0.2) is 0 Å². The first-order chi connectivity index (χ1) is 6.24. The minimum atomic E-state index is 0.570. The Balaban J connectivity index is 2.26. The molecule has 76 valence electrons. The number of nitrogens with one attached hydrogen (secondary N) is 1. The van der Waals surface area contributed by atoms with Crippen LogP contribution >= 0.6 is 0 Å². The molecule has 1 heteroatoms. The molecule has 0 spiro atoms. The molecule has 13 heavy (non-hydrogen) atoms. The van der Waals surface area contributed by atoms with Gasteiger partial charge >= 0.3 is 0 Å². The number of hydrogen-bond acceptors (Lipinski definition) is 1. The maximum Gasteiger partial charge on any atom is 0.0248 e. The molecule has 0 saturated heterocycles. The monoisotopic (exact) mass is 181 g/mol. The highest BCUT2D eigenvalue weighted by Crippen LogP contribution is 2.28. The third kappa shape index (κ3) is 3.51. The van der Waals surface area contributed by atoms with Gasteiger partial charge in [0.25, 0.3) is 0 Å². The van der Waals surface area contributed by atoms with Gasteiger partial charge in [0, 0.05) is 6.04 Å². The molecule has 1 aliphatic rings. The maximum atomic E-state index is 3.52. The summed E-state index contributed by atoms with van der Waals surface area (Å²) in [5.74, 6) is 0.894. The van der Waals surface area contributed by atoms with Crippen molar-refractivity contribution in [3.05, 3.63) is 11.6 Å². The van der Waals surface area contributed by atoms with Crippen LogP contribution in [0.4, 0.5) is 0 Å². The van der Waals surface area contributed by atoms with Crippen molar-refractivity contribution in [3.63, 3.8) is 0 Å². The topological polar surface area (TPSA) is 12.0 Å². The summed E-state index contributed by atoms with van der Waals surface area (Å²) in [6, 6.07) is 0.570. The molecule has 0 aliphatic heterocycles. The van der Waals surface area contributed by atoms with Gasteiger partial charge in [0.1, 0.15) is 0 Å². The van der Waals surface area contributed by atoms with Gasteiger partial charge in [0.15, 0.2) is 0 Å². The van der Waals surface area contributed by atoms with Crippen molar-refractivity contribution in [2.45, 2.75) is 52.5 Å². The summed E-state index contributed by atoms with van der Waals surface area (Å²) in [5, 5.41) is 3.52. The van der Waals surface area contributed by atoms with Crippen LogP contribution in [0.5, 0.6) is 0 Å². The van der Waals surface area contributed by atoms with Gasteiger partial charge in [-0.1, -0.05) is 25.0 Å². The fourth-order valence-corrected chi connectivity index (χ4v) is 1.64. The van der Waals surface area contributed by atoms with Crippen molar-refractivity contribution in [2.75, 3.05) is 6.54 Å². The molecule has 0 heterocycles. The highest BCUT2D eigenvalue weighted by Gasteiger charge is 2.15. The summed E-state index contributed by atoms with van der Waals surface area (Å²) < 4.78 is 0. The number of hydrogen-bond donors (Lipinski definition) is 1. The number of rotatable bonds is 5. The van der Waals surface area contributed by atoms with E-state index < -0.39 is 0 Å². The van der Waals surface area contributed by atoms with Gasteiger partial charge < -0.3 is 5.32 Å². The van der Waals surface area contributed by atoms with E-state index in [1.807, 2.05) is 0 Å². The minimum Gasteiger partial charge on any atom is -0.311 e.